The fraction of sp³-hybridized carbons (Fsp3) is 0.235. The SMILES string of the molecule is O=C(c1csc(Nc2ncccn2)n1)N1CCN(c2ccccn2)CC1. The fourth-order valence-corrected chi connectivity index (χ4v) is 3.41. The van der Waals surface area contributed by atoms with E-state index in [4.69, 9.17) is 0 Å². The summed E-state index contributed by atoms with van der Waals surface area (Å²) in [5.74, 6) is 1.36. The van der Waals surface area contributed by atoms with Crippen molar-refractivity contribution in [3.8, 4) is 0 Å². The standard InChI is InChI=1S/C17H17N7OS/c25-15(13-12-26-17(21-13)22-16-19-6-3-7-20-16)24-10-8-23(9-11-24)14-4-1-2-5-18-14/h1-7,12H,8-11H2,(H,19,20,21,22). The molecular weight excluding hydrogens is 350 g/mol. The predicted molar refractivity (Wildman–Crippen MR) is 99.8 cm³/mol. The van der Waals surface area contributed by atoms with Gasteiger partial charge in [-0.1, -0.05) is 6.07 Å². The predicted octanol–water partition coefficient (Wildman–Crippen LogP) is 2.03. The summed E-state index contributed by atoms with van der Waals surface area (Å²) >= 11 is 1.36. The van der Waals surface area contributed by atoms with Gasteiger partial charge >= 0.3 is 0 Å². The molecule has 3 aromatic rings. The van der Waals surface area contributed by atoms with Gasteiger partial charge in [-0.3, -0.25) is 4.79 Å². The third-order valence-corrected chi connectivity index (χ3v) is 4.81. The lowest BCUT2D eigenvalue weighted by molar-refractivity contribution is 0.0741. The van der Waals surface area contributed by atoms with Crippen LogP contribution in [0.5, 0.6) is 0 Å². The van der Waals surface area contributed by atoms with Crippen molar-refractivity contribution in [1.82, 2.24) is 24.8 Å². The molecule has 0 aliphatic carbocycles. The number of nitrogens with zero attached hydrogens (tertiary/aromatic N) is 6. The number of hydrogen-bond acceptors (Lipinski definition) is 8. The molecule has 0 unspecified atom stereocenters. The quantitative estimate of drug-likeness (QED) is 0.755. The second kappa shape index (κ2) is 7.44. The van der Waals surface area contributed by atoms with Crippen LogP contribution >= 0.6 is 11.3 Å². The van der Waals surface area contributed by atoms with E-state index >= 15 is 0 Å². The van der Waals surface area contributed by atoms with Gasteiger partial charge in [0.1, 0.15) is 11.5 Å². The largest absolute Gasteiger partial charge is 0.353 e. The van der Waals surface area contributed by atoms with Crippen molar-refractivity contribution in [3.05, 3.63) is 53.9 Å². The molecule has 132 valence electrons. The Bertz CT molecular complexity index is 863. The summed E-state index contributed by atoms with van der Waals surface area (Å²) in [6.45, 7) is 2.82. The van der Waals surface area contributed by atoms with E-state index in [2.05, 4.69) is 30.2 Å². The van der Waals surface area contributed by atoms with Gasteiger partial charge in [0, 0.05) is 50.1 Å². The van der Waals surface area contributed by atoms with Crippen molar-refractivity contribution < 1.29 is 4.79 Å². The van der Waals surface area contributed by atoms with Crippen LogP contribution in [0.4, 0.5) is 16.9 Å². The van der Waals surface area contributed by atoms with Gasteiger partial charge in [0.05, 0.1) is 0 Å². The average molecular weight is 367 g/mol. The minimum atomic E-state index is -0.0519. The Morgan fingerprint density at radius 3 is 2.50 bits per heavy atom. The highest BCUT2D eigenvalue weighted by Crippen LogP contribution is 2.20. The number of carbonyl (C=O) groups excluding carboxylic acids is 1. The van der Waals surface area contributed by atoms with Gasteiger partial charge < -0.3 is 15.1 Å². The maximum absolute atomic E-state index is 12.7. The molecule has 1 N–H and O–H groups in total. The Morgan fingerprint density at radius 2 is 1.77 bits per heavy atom. The third-order valence-electron chi connectivity index (χ3n) is 4.05. The molecule has 9 heteroatoms. The topological polar surface area (TPSA) is 87.1 Å². The molecule has 3 aromatic heterocycles. The molecule has 1 fully saturated rings. The van der Waals surface area contributed by atoms with E-state index in [1.807, 2.05) is 23.1 Å². The summed E-state index contributed by atoms with van der Waals surface area (Å²) in [5, 5.41) is 5.37. The number of pyridine rings is 1. The molecule has 0 aromatic carbocycles. The van der Waals surface area contributed by atoms with Crippen molar-refractivity contribution >= 4 is 34.1 Å². The van der Waals surface area contributed by atoms with E-state index in [1.165, 1.54) is 11.3 Å². The van der Waals surface area contributed by atoms with Gasteiger partial charge in [-0.05, 0) is 18.2 Å². The lowest BCUT2D eigenvalue weighted by Crippen LogP contribution is -2.49. The van der Waals surface area contributed by atoms with Gasteiger partial charge in [0.15, 0.2) is 5.13 Å². The van der Waals surface area contributed by atoms with Crippen LogP contribution in [0.25, 0.3) is 0 Å². The molecule has 0 radical (unpaired) electrons. The number of anilines is 3. The van der Waals surface area contributed by atoms with Gasteiger partial charge in [0.2, 0.25) is 5.95 Å². The van der Waals surface area contributed by atoms with Crippen LogP contribution < -0.4 is 10.2 Å². The highest BCUT2D eigenvalue weighted by molar-refractivity contribution is 7.14. The van der Waals surface area contributed by atoms with Crippen molar-refractivity contribution in [2.75, 3.05) is 36.4 Å². The first kappa shape index (κ1) is 16.4. The second-order valence-corrected chi connectivity index (χ2v) is 6.56. The van der Waals surface area contributed by atoms with E-state index in [-0.39, 0.29) is 5.91 Å². The zero-order chi connectivity index (χ0) is 17.8. The Hall–Kier alpha value is -3.07. The van der Waals surface area contributed by atoms with Crippen LogP contribution in [0, 0.1) is 0 Å². The monoisotopic (exact) mass is 367 g/mol. The summed E-state index contributed by atoms with van der Waals surface area (Å²) in [5.41, 5.74) is 0.444. The first-order chi connectivity index (χ1) is 12.8. The molecule has 0 bridgehead atoms. The maximum atomic E-state index is 12.7. The summed E-state index contributed by atoms with van der Waals surface area (Å²) in [6, 6.07) is 7.60. The van der Waals surface area contributed by atoms with E-state index in [0.29, 0.717) is 29.9 Å². The lowest BCUT2D eigenvalue weighted by Gasteiger charge is -2.35. The highest BCUT2D eigenvalue weighted by Gasteiger charge is 2.24. The summed E-state index contributed by atoms with van der Waals surface area (Å²) in [7, 11) is 0. The van der Waals surface area contributed by atoms with Crippen molar-refractivity contribution in [1.29, 1.82) is 0 Å². The van der Waals surface area contributed by atoms with Gasteiger partial charge in [-0.2, -0.15) is 0 Å². The lowest BCUT2D eigenvalue weighted by atomic mass is 10.3. The molecule has 1 aliphatic rings. The number of rotatable bonds is 4. The van der Waals surface area contributed by atoms with Crippen LogP contribution in [0.1, 0.15) is 10.5 Å². The van der Waals surface area contributed by atoms with E-state index < -0.39 is 0 Å². The molecule has 0 atom stereocenters. The first-order valence-corrected chi connectivity index (χ1v) is 9.12. The molecule has 4 rings (SSSR count). The Kier molecular flexibility index (Phi) is 4.69. The number of carbonyl (C=O) groups is 1. The van der Waals surface area contributed by atoms with Crippen molar-refractivity contribution in [2.45, 2.75) is 0 Å². The Morgan fingerprint density at radius 1 is 1.00 bits per heavy atom. The third kappa shape index (κ3) is 3.62. The molecule has 4 heterocycles. The number of amides is 1. The van der Waals surface area contributed by atoms with E-state index in [1.54, 1.807) is 30.0 Å². The maximum Gasteiger partial charge on any atom is 0.273 e. The zero-order valence-corrected chi connectivity index (χ0v) is 14.8. The van der Waals surface area contributed by atoms with Crippen LogP contribution in [0.3, 0.4) is 0 Å². The molecule has 1 saturated heterocycles. The Balaban J connectivity index is 1.37. The number of hydrogen-bond donors (Lipinski definition) is 1. The summed E-state index contributed by atoms with van der Waals surface area (Å²) in [4.78, 5) is 33.6. The van der Waals surface area contributed by atoms with Gasteiger partial charge in [0.25, 0.3) is 5.91 Å². The van der Waals surface area contributed by atoms with E-state index in [9.17, 15) is 4.79 Å². The normalized spacial score (nSPS) is 14.3. The number of piperazine rings is 1. The minimum absolute atomic E-state index is 0.0519. The first-order valence-electron chi connectivity index (χ1n) is 8.24. The van der Waals surface area contributed by atoms with Crippen molar-refractivity contribution in [2.24, 2.45) is 0 Å². The molecule has 8 nitrogen and oxygen atoms in total. The summed E-state index contributed by atoms with van der Waals surface area (Å²) in [6.07, 6.45) is 5.08. The second-order valence-electron chi connectivity index (χ2n) is 5.70. The van der Waals surface area contributed by atoms with Crippen LogP contribution in [0.2, 0.25) is 0 Å². The molecule has 1 amide bonds. The van der Waals surface area contributed by atoms with Crippen LogP contribution in [-0.4, -0.2) is 56.9 Å². The molecular formula is C17H17N7OS. The highest BCUT2D eigenvalue weighted by atomic mass is 32.1. The number of thiazole rings is 1. The van der Waals surface area contributed by atoms with Gasteiger partial charge in [-0.25, -0.2) is 19.9 Å². The molecule has 0 spiro atoms. The number of nitrogens with one attached hydrogen (secondary N) is 1. The molecule has 0 saturated carbocycles. The Labute approximate surface area is 154 Å². The van der Waals surface area contributed by atoms with Gasteiger partial charge in [-0.15, -0.1) is 11.3 Å². The van der Waals surface area contributed by atoms with Crippen LogP contribution in [0.15, 0.2) is 48.2 Å². The van der Waals surface area contributed by atoms with Crippen molar-refractivity contribution in [3.63, 3.8) is 0 Å². The smallest absolute Gasteiger partial charge is 0.273 e. The van der Waals surface area contributed by atoms with Crippen LogP contribution in [-0.2, 0) is 0 Å². The minimum Gasteiger partial charge on any atom is -0.353 e. The van der Waals surface area contributed by atoms with E-state index in [0.717, 1.165) is 18.9 Å². The average Bonchev–Trinajstić information content (AvgIpc) is 3.17. The zero-order valence-electron chi connectivity index (χ0n) is 13.9. The molecule has 26 heavy (non-hydrogen) atoms. The fourth-order valence-electron chi connectivity index (χ4n) is 2.73. The summed E-state index contributed by atoms with van der Waals surface area (Å²) < 4.78 is 0. The number of aromatic nitrogens is 4. The molecule has 1 aliphatic heterocycles.